The van der Waals surface area contributed by atoms with Crippen LogP contribution in [-0.2, 0) is 0 Å². The summed E-state index contributed by atoms with van der Waals surface area (Å²) in [6, 6.07) is 0. The Morgan fingerprint density at radius 1 is 1.25 bits per heavy atom. The first-order chi connectivity index (χ1) is 7.34. The van der Waals surface area contributed by atoms with E-state index < -0.39 is 16.2 Å². The Labute approximate surface area is 91.7 Å². The smallest absolute Gasteiger partial charge is 0.357 e. The monoisotopic (exact) mass is 227 g/mol. The molecule has 1 aromatic rings. The fourth-order valence-corrected chi connectivity index (χ4v) is 1.13. The van der Waals surface area contributed by atoms with Crippen LogP contribution in [0.25, 0.3) is 0 Å². The average Bonchev–Trinajstić information content (AvgIpc) is 2.15. The number of aromatic amines is 1. The molecule has 1 N–H and O–H groups in total. The zero-order chi connectivity index (χ0) is 12.5. The fourth-order valence-electron chi connectivity index (χ4n) is 1.13. The Kier molecular flexibility index (Phi) is 3.11. The molecule has 1 rings (SSSR count). The van der Waals surface area contributed by atoms with Crippen LogP contribution in [0, 0.1) is 10.1 Å². The minimum Gasteiger partial charge on any atom is -0.357 e. The normalized spacial score (nSPS) is 10.0. The van der Waals surface area contributed by atoms with Crippen molar-refractivity contribution in [2.45, 2.75) is 0 Å². The van der Waals surface area contributed by atoms with Crippen LogP contribution in [0.2, 0.25) is 0 Å². The van der Waals surface area contributed by atoms with Gasteiger partial charge in [-0.15, -0.1) is 0 Å². The molecule has 0 saturated heterocycles. The van der Waals surface area contributed by atoms with Crippen LogP contribution < -0.4 is 15.4 Å². The molecule has 0 unspecified atom stereocenters. The van der Waals surface area contributed by atoms with Crippen molar-refractivity contribution in [1.82, 2.24) is 9.97 Å². The summed E-state index contributed by atoms with van der Waals surface area (Å²) in [6.45, 7) is 0. The van der Waals surface area contributed by atoms with E-state index in [0.717, 1.165) is 0 Å². The fraction of sp³-hybridized carbons (Fsp3) is 0.500. The molecule has 0 spiro atoms. The molecule has 0 amide bonds. The van der Waals surface area contributed by atoms with Crippen molar-refractivity contribution >= 4 is 17.5 Å². The van der Waals surface area contributed by atoms with E-state index in [9.17, 15) is 14.9 Å². The molecule has 0 aliphatic carbocycles. The lowest BCUT2D eigenvalue weighted by molar-refractivity contribution is -0.385. The van der Waals surface area contributed by atoms with Gasteiger partial charge in [-0.2, -0.15) is 4.98 Å². The summed E-state index contributed by atoms with van der Waals surface area (Å²) in [5, 5.41) is 10.7. The van der Waals surface area contributed by atoms with Crippen molar-refractivity contribution in [2.24, 2.45) is 0 Å². The summed E-state index contributed by atoms with van der Waals surface area (Å²) in [4.78, 5) is 30.9. The van der Waals surface area contributed by atoms with Crippen molar-refractivity contribution < 1.29 is 4.92 Å². The standard InChI is InChI=1S/C8H13N5O3/c1-11(2)6-5(13(15)16)7(14)10-8(9-6)12(3)4/h1-4H3,(H,9,10,14). The van der Waals surface area contributed by atoms with Crippen molar-refractivity contribution in [3.63, 3.8) is 0 Å². The van der Waals surface area contributed by atoms with Gasteiger partial charge in [-0.3, -0.25) is 19.9 Å². The number of nitro groups is 1. The van der Waals surface area contributed by atoms with Gasteiger partial charge in [-0.25, -0.2) is 0 Å². The second kappa shape index (κ2) is 4.17. The van der Waals surface area contributed by atoms with E-state index in [1.54, 1.807) is 33.1 Å². The highest BCUT2D eigenvalue weighted by atomic mass is 16.6. The molecule has 0 fully saturated rings. The van der Waals surface area contributed by atoms with Crippen LogP contribution in [-0.4, -0.2) is 43.1 Å². The Morgan fingerprint density at radius 3 is 2.19 bits per heavy atom. The molecule has 0 aliphatic rings. The number of hydrogen-bond donors (Lipinski definition) is 1. The number of H-pyrrole nitrogens is 1. The number of nitrogens with one attached hydrogen (secondary N) is 1. The summed E-state index contributed by atoms with van der Waals surface area (Å²) >= 11 is 0. The van der Waals surface area contributed by atoms with Gasteiger partial charge in [0.1, 0.15) is 0 Å². The SMILES string of the molecule is CN(C)c1nc(N(C)C)c([N+](=O)[O-])c(=O)[nH]1. The summed E-state index contributed by atoms with van der Waals surface area (Å²) < 4.78 is 0. The van der Waals surface area contributed by atoms with E-state index in [1.165, 1.54) is 4.90 Å². The van der Waals surface area contributed by atoms with E-state index >= 15 is 0 Å². The largest absolute Gasteiger partial charge is 0.375 e. The van der Waals surface area contributed by atoms with Crippen LogP contribution in [0.15, 0.2) is 4.79 Å². The van der Waals surface area contributed by atoms with Crippen LogP contribution >= 0.6 is 0 Å². The second-order valence-electron chi connectivity index (χ2n) is 3.61. The van der Waals surface area contributed by atoms with E-state index in [4.69, 9.17) is 0 Å². The van der Waals surface area contributed by atoms with Crippen molar-refractivity contribution in [1.29, 1.82) is 0 Å². The zero-order valence-corrected chi connectivity index (χ0v) is 9.51. The van der Waals surface area contributed by atoms with Crippen LogP contribution in [0.4, 0.5) is 17.5 Å². The minimum atomic E-state index is -0.757. The highest BCUT2D eigenvalue weighted by Crippen LogP contribution is 2.20. The summed E-state index contributed by atoms with van der Waals surface area (Å²) in [7, 11) is 6.55. The molecule has 0 bridgehead atoms. The maximum absolute atomic E-state index is 11.5. The number of anilines is 2. The van der Waals surface area contributed by atoms with Crippen molar-refractivity contribution in [3.05, 3.63) is 20.5 Å². The van der Waals surface area contributed by atoms with Crippen LogP contribution in [0.1, 0.15) is 0 Å². The van der Waals surface area contributed by atoms with Crippen LogP contribution in [0.5, 0.6) is 0 Å². The molecule has 88 valence electrons. The quantitative estimate of drug-likeness (QED) is 0.568. The lowest BCUT2D eigenvalue weighted by Crippen LogP contribution is -2.25. The number of rotatable bonds is 3. The number of aromatic nitrogens is 2. The molecule has 8 nitrogen and oxygen atoms in total. The summed E-state index contributed by atoms with van der Waals surface area (Å²) in [5.41, 5.74) is -1.30. The van der Waals surface area contributed by atoms with E-state index in [0.29, 0.717) is 0 Å². The third-order valence-corrected chi connectivity index (χ3v) is 1.89. The van der Waals surface area contributed by atoms with Crippen molar-refractivity contribution in [3.8, 4) is 0 Å². The van der Waals surface area contributed by atoms with Gasteiger partial charge >= 0.3 is 11.2 Å². The van der Waals surface area contributed by atoms with Gasteiger partial charge in [-0.05, 0) is 0 Å². The van der Waals surface area contributed by atoms with Crippen LogP contribution in [0.3, 0.4) is 0 Å². The maximum Gasteiger partial charge on any atom is 0.375 e. The summed E-state index contributed by atoms with van der Waals surface area (Å²) in [5.74, 6) is 0.316. The minimum absolute atomic E-state index is 0.0393. The molecule has 0 radical (unpaired) electrons. The molecular weight excluding hydrogens is 214 g/mol. The van der Waals surface area contributed by atoms with Gasteiger partial charge in [0.15, 0.2) is 0 Å². The van der Waals surface area contributed by atoms with Gasteiger partial charge in [0.25, 0.3) is 0 Å². The Hall–Kier alpha value is -2.12. The maximum atomic E-state index is 11.5. The highest BCUT2D eigenvalue weighted by molar-refractivity contribution is 5.58. The molecular formula is C8H13N5O3. The molecule has 0 aromatic carbocycles. The Morgan fingerprint density at radius 2 is 1.81 bits per heavy atom. The number of nitrogens with zero attached hydrogens (tertiary/aromatic N) is 4. The van der Waals surface area contributed by atoms with Gasteiger partial charge in [0.2, 0.25) is 11.8 Å². The highest BCUT2D eigenvalue weighted by Gasteiger charge is 2.24. The Balaban J connectivity index is 3.52. The van der Waals surface area contributed by atoms with E-state index in [-0.39, 0.29) is 11.8 Å². The molecule has 1 aromatic heterocycles. The van der Waals surface area contributed by atoms with E-state index in [2.05, 4.69) is 9.97 Å². The molecule has 8 heteroatoms. The second-order valence-corrected chi connectivity index (χ2v) is 3.61. The molecule has 16 heavy (non-hydrogen) atoms. The summed E-state index contributed by atoms with van der Waals surface area (Å²) in [6.07, 6.45) is 0. The van der Waals surface area contributed by atoms with Gasteiger partial charge in [-0.1, -0.05) is 0 Å². The predicted octanol–water partition coefficient (Wildman–Crippen LogP) is -0.190. The third kappa shape index (κ3) is 2.10. The Bertz CT molecular complexity index is 465. The van der Waals surface area contributed by atoms with Crippen molar-refractivity contribution in [2.75, 3.05) is 38.0 Å². The molecule has 1 heterocycles. The number of hydrogen-bond acceptors (Lipinski definition) is 6. The first kappa shape index (κ1) is 12.0. The zero-order valence-electron chi connectivity index (χ0n) is 9.51. The van der Waals surface area contributed by atoms with Gasteiger partial charge in [0.05, 0.1) is 4.92 Å². The first-order valence-electron chi connectivity index (χ1n) is 4.48. The predicted molar refractivity (Wildman–Crippen MR) is 60.2 cm³/mol. The molecule has 0 saturated carbocycles. The first-order valence-corrected chi connectivity index (χ1v) is 4.48. The van der Waals surface area contributed by atoms with Gasteiger partial charge in [0, 0.05) is 28.2 Å². The molecule has 0 aliphatic heterocycles. The topological polar surface area (TPSA) is 95.4 Å². The average molecular weight is 227 g/mol. The lowest BCUT2D eigenvalue weighted by atomic mass is 10.4. The molecule has 0 atom stereocenters. The lowest BCUT2D eigenvalue weighted by Gasteiger charge is -2.15. The van der Waals surface area contributed by atoms with Gasteiger partial charge < -0.3 is 9.80 Å². The van der Waals surface area contributed by atoms with E-state index in [1.807, 2.05) is 0 Å². The third-order valence-electron chi connectivity index (χ3n) is 1.89.